The Morgan fingerprint density at radius 3 is 2.60 bits per heavy atom. The molecule has 0 aromatic rings. The second-order valence-electron chi connectivity index (χ2n) is 4.75. The van der Waals surface area contributed by atoms with Crippen molar-refractivity contribution in [1.29, 1.82) is 0 Å². The molecule has 2 aliphatic carbocycles. The molecule has 2 saturated carbocycles. The summed E-state index contributed by atoms with van der Waals surface area (Å²) in [5, 5.41) is 0. The molecule has 0 bridgehead atoms. The average molecular weight is 204 g/mol. The van der Waals surface area contributed by atoms with Gasteiger partial charge in [-0.1, -0.05) is 12.2 Å². The number of fused-ring (bicyclic) bond motifs is 1. The van der Waals surface area contributed by atoms with E-state index in [2.05, 4.69) is 13.2 Å². The van der Waals surface area contributed by atoms with Crippen LogP contribution in [0.5, 0.6) is 0 Å². The van der Waals surface area contributed by atoms with Gasteiger partial charge in [0.1, 0.15) is 11.6 Å². The van der Waals surface area contributed by atoms with E-state index in [9.17, 15) is 9.59 Å². The highest BCUT2D eigenvalue weighted by Crippen LogP contribution is 2.62. The van der Waals surface area contributed by atoms with E-state index in [-0.39, 0.29) is 17.0 Å². The summed E-state index contributed by atoms with van der Waals surface area (Å²) in [5.74, 6) is 0.429. The van der Waals surface area contributed by atoms with Gasteiger partial charge in [-0.3, -0.25) is 9.59 Å². The fourth-order valence-corrected chi connectivity index (χ4v) is 3.38. The molecule has 15 heavy (non-hydrogen) atoms. The number of ketones is 2. The van der Waals surface area contributed by atoms with E-state index in [0.29, 0.717) is 25.7 Å². The lowest BCUT2D eigenvalue weighted by Gasteiger charge is -2.35. The summed E-state index contributed by atoms with van der Waals surface area (Å²) in [6.45, 7) is 7.54. The molecule has 2 atom stereocenters. The molecule has 0 aromatic heterocycles. The second kappa shape index (κ2) is 3.16. The number of rotatable bonds is 3. The first-order valence-electron chi connectivity index (χ1n) is 5.40. The predicted octanol–water partition coefficient (Wildman–Crippen LogP) is 2.45. The first kappa shape index (κ1) is 10.3. The zero-order valence-electron chi connectivity index (χ0n) is 8.92. The van der Waals surface area contributed by atoms with Gasteiger partial charge in [-0.2, -0.15) is 0 Å². The van der Waals surface area contributed by atoms with Gasteiger partial charge < -0.3 is 0 Å². The second-order valence-corrected chi connectivity index (χ2v) is 4.75. The van der Waals surface area contributed by atoms with Gasteiger partial charge in [0.15, 0.2) is 0 Å². The van der Waals surface area contributed by atoms with Crippen molar-refractivity contribution >= 4 is 11.6 Å². The summed E-state index contributed by atoms with van der Waals surface area (Å²) in [7, 11) is 0. The summed E-state index contributed by atoms with van der Waals surface area (Å²) in [5.41, 5.74) is -0.761. The molecular weight excluding hydrogens is 188 g/mol. The predicted molar refractivity (Wildman–Crippen MR) is 58.4 cm³/mol. The van der Waals surface area contributed by atoms with Crippen molar-refractivity contribution in [1.82, 2.24) is 0 Å². The Morgan fingerprint density at radius 1 is 1.27 bits per heavy atom. The number of hydrogen-bond acceptors (Lipinski definition) is 2. The van der Waals surface area contributed by atoms with Gasteiger partial charge in [-0.15, -0.1) is 13.2 Å². The van der Waals surface area contributed by atoms with Gasteiger partial charge in [-0.05, 0) is 12.8 Å². The number of hydrogen-bond donors (Lipinski definition) is 0. The fourth-order valence-electron chi connectivity index (χ4n) is 3.38. The maximum atomic E-state index is 12.0. The highest BCUT2D eigenvalue weighted by molar-refractivity contribution is 5.98. The summed E-state index contributed by atoms with van der Waals surface area (Å²) in [6, 6.07) is 0. The molecule has 80 valence electrons. The summed E-state index contributed by atoms with van der Waals surface area (Å²) >= 11 is 0. The number of allylic oxidation sites excluding steroid dienone is 2. The maximum Gasteiger partial charge on any atom is 0.140 e. The lowest BCUT2D eigenvalue weighted by Crippen LogP contribution is -2.35. The summed E-state index contributed by atoms with van der Waals surface area (Å²) < 4.78 is 0. The third kappa shape index (κ3) is 1.11. The molecule has 2 heteroatoms. The van der Waals surface area contributed by atoms with Crippen LogP contribution in [0.2, 0.25) is 0 Å². The molecule has 2 aliphatic rings. The molecule has 2 nitrogen and oxygen atoms in total. The molecule has 2 rings (SSSR count). The van der Waals surface area contributed by atoms with Crippen molar-refractivity contribution in [2.24, 2.45) is 10.8 Å². The van der Waals surface area contributed by atoms with Crippen LogP contribution < -0.4 is 0 Å². The van der Waals surface area contributed by atoms with E-state index < -0.39 is 5.41 Å². The smallest absolute Gasteiger partial charge is 0.140 e. The van der Waals surface area contributed by atoms with Crippen LogP contribution in [0.1, 0.15) is 32.1 Å². The Labute approximate surface area is 90.1 Å². The van der Waals surface area contributed by atoms with E-state index >= 15 is 0 Å². The lowest BCUT2D eigenvalue weighted by atomic mass is 9.66. The third-order valence-corrected chi connectivity index (χ3v) is 4.18. The van der Waals surface area contributed by atoms with Crippen LogP contribution in [0.4, 0.5) is 0 Å². The van der Waals surface area contributed by atoms with Crippen LogP contribution in [0.25, 0.3) is 0 Å². The third-order valence-electron chi connectivity index (χ3n) is 4.18. The monoisotopic (exact) mass is 204 g/mol. The van der Waals surface area contributed by atoms with E-state index in [1.807, 2.05) is 6.08 Å². The van der Waals surface area contributed by atoms with Crippen LogP contribution in [0.15, 0.2) is 25.3 Å². The van der Waals surface area contributed by atoms with Crippen LogP contribution >= 0.6 is 0 Å². The molecule has 0 amide bonds. The molecule has 0 aromatic carbocycles. The van der Waals surface area contributed by atoms with Gasteiger partial charge >= 0.3 is 0 Å². The van der Waals surface area contributed by atoms with Crippen LogP contribution in [-0.2, 0) is 9.59 Å². The Morgan fingerprint density at radius 2 is 2.00 bits per heavy atom. The lowest BCUT2D eigenvalue weighted by molar-refractivity contribution is -0.129. The Balaban J connectivity index is 2.51. The van der Waals surface area contributed by atoms with Crippen LogP contribution in [-0.4, -0.2) is 11.6 Å². The van der Waals surface area contributed by atoms with Crippen molar-refractivity contribution in [3.8, 4) is 0 Å². The topological polar surface area (TPSA) is 34.1 Å². The molecule has 0 spiro atoms. The highest BCUT2D eigenvalue weighted by Gasteiger charge is 2.62. The molecule has 0 radical (unpaired) electrons. The van der Waals surface area contributed by atoms with Crippen molar-refractivity contribution in [2.45, 2.75) is 32.1 Å². The minimum absolute atomic E-state index is 0.199. The van der Waals surface area contributed by atoms with Crippen LogP contribution in [0.3, 0.4) is 0 Å². The molecule has 0 aliphatic heterocycles. The fraction of sp³-hybridized carbons (Fsp3) is 0.538. The molecule has 0 saturated heterocycles. The Bertz CT molecular complexity index is 356. The van der Waals surface area contributed by atoms with E-state index in [1.54, 1.807) is 6.08 Å². The first-order valence-corrected chi connectivity index (χ1v) is 5.40. The highest BCUT2D eigenvalue weighted by atomic mass is 16.1. The van der Waals surface area contributed by atoms with Gasteiger partial charge in [0.25, 0.3) is 0 Å². The van der Waals surface area contributed by atoms with Crippen molar-refractivity contribution in [3.63, 3.8) is 0 Å². The molecule has 0 heterocycles. The van der Waals surface area contributed by atoms with Gasteiger partial charge in [0.05, 0.1) is 0 Å². The number of carbonyl (C=O) groups is 2. The van der Waals surface area contributed by atoms with E-state index in [1.165, 1.54) is 0 Å². The molecule has 0 unspecified atom stereocenters. The van der Waals surface area contributed by atoms with Crippen molar-refractivity contribution < 1.29 is 9.59 Å². The molecule has 2 fully saturated rings. The molecular formula is C13H16O2. The zero-order chi connectivity index (χ0) is 11.1. The normalized spacial score (nSPS) is 39.2. The van der Waals surface area contributed by atoms with E-state index in [4.69, 9.17) is 0 Å². The summed E-state index contributed by atoms with van der Waals surface area (Å²) in [4.78, 5) is 23.6. The largest absolute Gasteiger partial charge is 0.300 e. The van der Waals surface area contributed by atoms with Gasteiger partial charge in [0.2, 0.25) is 0 Å². The van der Waals surface area contributed by atoms with Crippen molar-refractivity contribution in [3.05, 3.63) is 25.3 Å². The first-order chi connectivity index (χ1) is 7.10. The van der Waals surface area contributed by atoms with Gasteiger partial charge in [-0.25, -0.2) is 0 Å². The van der Waals surface area contributed by atoms with Gasteiger partial charge in [0, 0.05) is 30.1 Å². The zero-order valence-corrected chi connectivity index (χ0v) is 8.92. The van der Waals surface area contributed by atoms with Crippen molar-refractivity contribution in [2.75, 3.05) is 0 Å². The van der Waals surface area contributed by atoms with Crippen LogP contribution in [0, 0.1) is 10.8 Å². The average Bonchev–Trinajstić information content (AvgIpc) is 2.61. The van der Waals surface area contributed by atoms with E-state index in [0.717, 1.165) is 6.42 Å². The number of Topliss-reactive ketones (excluding diaryl/α,β-unsaturated/α-hetero) is 2. The SMILES string of the molecule is C=CC[C@]12CC(=O)C[C@@]1(C=C)CCC2=O. The minimum Gasteiger partial charge on any atom is -0.300 e. The molecule has 0 N–H and O–H groups in total. The quantitative estimate of drug-likeness (QED) is 0.662. The maximum absolute atomic E-state index is 12.0. The Hall–Kier alpha value is -1.18. The minimum atomic E-state index is -0.492. The summed E-state index contributed by atoms with van der Waals surface area (Å²) in [6.07, 6.45) is 6.48. The Kier molecular flexibility index (Phi) is 2.18. The number of carbonyl (C=O) groups excluding carboxylic acids is 2. The standard InChI is InChI=1S/C13H16O2/c1-3-6-13-9-10(14)8-12(13,4-2)7-5-11(13)15/h3-4H,1-2,5-9H2/t12-,13-/m1/s1.